The maximum atomic E-state index is 13.4. The number of aromatic amines is 1. The highest BCUT2D eigenvalue weighted by molar-refractivity contribution is 5.80. The molecule has 4 aromatic rings. The summed E-state index contributed by atoms with van der Waals surface area (Å²) in [6.07, 6.45) is 0. The summed E-state index contributed by atoms with van der Waals surface area (Å²) in [4.78, 5) is 21.2. The number of methoxy groups -OCH3 is 2. The maximum Gasteiger partial charge on any atom is 0.253 e. The zero-order chi connectivity index (χ0) is 26.8. The third kappa shape index (κ3) is 5.18. The maximum absolute atomic E-state index is 13.4. The van der Waals surface area contributed by atoms with E-state index < -0.39 is 6.04 Å². The predicted molar refractivity (Wildman–Crippen MR) is 142 cm³/mol. The van der Waals surface area contributed by atoms with Gasteiger partial charge in [-0.3, -0.25) is 14.6 Å². The lowest BCUT2D eigenvalue weighted by Crippen LogP contribution is -2.48. The monoisotopic (exact) mass is 533 g/mol. The second kappa shape index (κ2) is 11.0. The highest BCUT2D eigenvalue weighted by Crippen LogP contribution is 2.33. The van der Waals surface area contributed by atoms with Crippen LogP contribution in [-0.4, -0.2) is 88.8 Å². The van der Waals surface area contributed by atoms with Gasteiger partial charge in [0, 0.05) is 56.3 Å². The van der Waals surface area contributed by atoms with Crippen LogP contribution in [-0.2, 0) is 17.8 Å². The molecule has 0 amide bonds. The lowest BCUT2D eigenvalue weighted by molar-refractivity contribution is 0.0984. The molecule has 1 fully saturated rings. The van der Waals surface area contributed by atoms with E-state index in [2.05, 4.69) is 36.4 Å². The summed E-state index contributed by atoms with van der Waals surface area (Å²) in [6, 6.07) is 13.2. The van der Waals surface area contributed by atoms with Crippen LogP contribution in [0.3, 0.4) is 0 Å². The van der Waals surface area contributed by atoms with Gasteiger partial charge in [-0.25, -0.2) is 4.68 Å². The molecule has 2 aliphatic rings. The van der Waals surface area contributed by atoms with Gasteiger partial charge in [0.25, 0.3) is 5.56 Å². The van der Waals surface area contributed by atoms with Gasteiger partial charge in [0.05, 0.1) is 20.3 Å². The molecule has 0 radical (unpaired) electrons. The molecular formula is C27H31N7O5. The fraction of sp³-hybridized carbons (Fsp3) is 0.407. The summed E-state index contributed by atoms with van der Waals surface area (Å²) in [6.45, 7) is 5.14. The molecule has 12 nitrogen and oxygen atoms in total. The van der Waals surface area contributed by atoms with E-state index >= 15 is 0 Å². The Morgan fingerprint density at radius 1 is 1.03 bits per heavy atom. The molecule has 1 N–H and O–H groups in total. The third-order valence-electron chi connectivity index (χ3n) is 7.30. The number of aromatic nitrogens is 5. The Bertz CT molecular complexity index is 1510. The van der Waals surface area contributed by atoms with Crippen molar-refractivity contribution >= 4 is 10.9 Å². The summed E-state index contributed by atoms with van der Waals surface area (Å²) >= 11 is 0. The minimum absolute atomic E-state index is 0.165. The first-order valence-electron chi connectivity index (χ1n) is 12.9. The van der Waals surface area contributed by atoms with E-state index in [1.807, 2.05) is 36.4 Å². The molecule has 0 aliphatic carbocycles. The van der Waals surface area contributed by atoms with Crippen LogP contribution >= 0.6 is 0 Å². The normalized spacial score (nSPS) is 16.6. The van der Waals surface area contributed by atoms with Crippen LogP contribution in [0.1, 0.15) is 23.0 Å². The number of H-pyrrole nitrogens is 1. The van der Waals surface area contributed by atoms with Crippen LogP contribution in [0.4, 0.5) is 0 Å². The van der Waals surface area contributed by atoms with Crippen LogP contribution in [0, 0.1) is 0 Å². The van der Waals surface area contributed by atoms with E-state index in [-0.39, 0.29) is 12.4 Å². The SMILES string of the molecule is COCCn1nnnc1C(c1cc2cc(OC)ccc2[nH]c1=O)N1CCN(Cc2ccc3c(c2)OCO3)CC1. The van der Waals surface area contributed by atoms with E-state index in [1.165, 1.54) is 5.56 Å². The van der Waals surface area contributed by atoms with Gasteiger partial charge in [-0.1, -0.05) is 6.07 Å². The van der Waals surface area contributed by atoms with Gasteiger partial charge in [-0.05, 0) is 52.4 Å². The van der Waals surface area contributed by atoms with Gasteiger partial charge < -0.3 is 23.9 Å². The van der Waals surface area contributed by atoms with Crippen molar-refractivity contribution < 1.29 is 18.9 Å². The quantitative estimate of drug-likeness (QED) is 0.341. The molecule has 0 bridgehead atoms. The molecule has 2 aromatic heterocycles. The number of tetrazole rings is 1. The topological polar surface area (TPSA) is 120 Å². The lowest BCUT2D eigenvalue weighted by Gasteiger charge is -2.38. The molecule has 12 heteroatoms. The van der Waals surface area contributed by atoms with Gasteiger partial charge in [-0.15, -0.1) is 5.10 Å². The first kappa shape index (κ1) is 25.3. The van der Waals surface area contributed by atoms with Crippen molar-refractivity contribution in [2.75, 3.05) is 53.8 Å². The second-order valence-corrected chi connectivity index (χ2v) is 9.66. The number of benzene rings is 2. The third-order valence-corrected chi connectivity index (χ3v) is 7.30. The van der Waals surface area contributed by atoms with Crippen molar-refractivity contribution in [1.29, 1.82) is 0 Å². The van der Waals surface area contributed by atoms with Crippen molar-refractivity contribution in [3.63, 3.8) is 0 Å². The Balaban J connectivity index is 1.28. The van der Waals surface area contributed by atoms with E-state index in [4.69, 9.17) is 18.9 Å². The smallest absolute Gasteiger partial charge is 0.253 e. The number of hydrogen-bond acceptors (Lipinski definition) is 10. The molecule has 39 heavy (non-hydrogen) atoms. The van der Waals surface area contributed by atoms with Crippen molar-refractivity contribution in [3.05, 3.63) is 69.8 Å². The molecule has 4 heterocycles. The fourth-order valence-corrected chi connectivity index (χ4v) is 5.25. The summed E-state index contributed by atoms with van der Waals surface area (Å²) in [5.74, 6) is 2.92. The Morgan fingerprint density at radius 2 is 1.87 bits per heavy atom. The highest BCUT2D eigenvalue weighted by Gasteiger charge is 2.33. The van der Waals surface area contributed by atoms with Crippen molar-refractivity contribution in [2.45, 2.75) is 19.1 Å². The summed E-state index contributed by atoms with van der Waals surface area (Å²) in [5, 5.41) is 13.4. The summed E-state index contributed by atoms with van der Waals surface area (Å²) in [7, 11) is 3.27. The number of rotatable bonds is 9. The van der Waals surface area contributed by atoms with Gasteiger partial charge >= 0.3 is 0 Å². The average molecular weight is 534 g/mol. The molecule has 2 aliphatic heterocycles. The first-order chi connectivity index (χ1) is 19.1. The molecule has 1 saturated heterocycles. The Labute approximate surface area is 225 Å². The molecule has 1 unspecified atom stereocenters. The molecule has 204 valence electrons. The molecule has 2 aromatic carbocycles. The van der Waals surface area contributed by atoms with Crippen molar-refractivity contribution in [2.24, 2.45) is 0 Å². The minimum atomic E-state index is -0.427. The molecule has 0 saturated carbocycles. The van der Waals surface area contributed by atoms with Gasteiger partial charge in [0.2, 0.25) is 6.79 Å². The lowest BCUT2D eigenvalue weighted by atomic mass is 10.0. The van der Waals surface area contributed by atoms with Gasteiger partial charge in [-0.2, -0.15) is 0 Å². The zero-order valence-electron chi connectivity index (χ0n) is 22.0. The van der Waals surface area contributed by atoms with Crippen LogP contribution in [0.5, 0.6) is 17.2 Å². The number of nitrogens with one attached hydrogen (secondary N) is 1. The number of pyridine rings is 1. The predicted octanol–water partition coefficient (Wildman–Crippen LogP) is 1.81. The number of piperazine rings is 1. The van der Waals surface area contributed by atoms with E-state index in [0.29, 0.717) is 24.5 Å². The molecular weight excluding hydrogens is 502 g/mol. The number of fused-ring (bicyclic) bond motifs is 2. The van der Waals surface area contributed by atoms with Crippen molar-refractivity contribution in [1.82, 2.24) is 35.0 Å². The summed E-state index contributed by atoms with van der Waals surface area (Å²) < 4.78 is 23.4. The second-order valence-electron chi connectivity index (χ2n) is 9.66. The Morgan fingerprint density at radius 3 is 2.69 bits per heavy atom. The standard InChI is InChI=1S/C27H31N7O5/c1-36-12-11-34-26(29-30-31-34)25(21-15-19-14-20(37-2)4-5-22(19)28-27(21)35)33-9-7-32(8-10-33)16-18-3-6-23-24(13-18)39-17-38-23/h3-6,13-15,25H,7-12,16-17H2,1-2H3,(H,28,35). The molecule has 6 rings (SSSR count). The number of hydrogen-bond donors (Lipinski definition) is 1. The summed E-state index contributed by atoms with van der Waals surface area (Å²) in [5.41, 5.74) is 2.35. The Kier molecular flexibility index (Phi) is 7.14. The Hall–Kier alpha value is -4.00. The number of ether oxygens (including phenoxy) is 4. The van der Waals surface area contributed by atoms with Gasteiger partial charge in [0.15, 0.2) is 17.3 Å². The highest BCUT2D eigenvalue weighted by atomic mass is 16.7. The van der Waals surface area contributed by atoms with Crippen molar-refractivity contribution in [3.8, 4) is 17.2 Å². The van der Waals surface area contributed by atoms with Gasteiger partial charge in [0.1, 0.15) is 11.8 Å². The number of nitrogens with zero attached hydrogens (tertiary/aromatic N) is 6. The molecule has 1 atom stereocenters. The zero-order valence-corrected chi connectivity index (χ0v) is 22.0. The molecule has 0 spiro atoms. The minimum Gasteiger partial charge on any atom is -0.497 e. The van der Waals surface area contributed by atoms with E-state index in [0.717, 1.165) is 60.9 Å². The van der Waals surface area contributed by atoms with Crippen LogP contribution in [0.15, 0.2) is 47.3 Å². The van der Waals surface area contributed by atoms with E-state index in [1.54, 1.807) is 18.9 Å². The largest absolute Gasteiger partial charge is 0.497 e. The van der Waals surface area contributed by atoms with Crippen LogP contribution in [0.25, 0.3) is 10.9 Å². The van der Waals surface area contributed by atoms with Crippen LogP contribution in [0.2, 0.25) is 0 Å². The van der Waals surface area contributed by atoms with E-state index in [9.17, 15) is 4.79 Å². The van der Waals surface area contributed by atoms with Crippen LogP contribution < -0.4 is 19.8 Å². The fourth-order valence-electron chi connectivity index (χ4n) is 5.25. The first-order valence-corrected chi connectivity index (χ1v) is 12.9. The average Bonchev–Trinajstić information content (AvgIpc) is 3.62.